The summed E-state index contributed by atoms with van der Waals surface area (Å²) in [7, 11) is 1.77. The molecule has 1 rings (SSSR count). The molecule has 0 aromatic rings. The van der Waals surface area contributed by atoms with Crippen molar-refractivity contribution in [2.45, 2.75) is 59.6 Å². The highest BCUT2D eigenvalue weighted by molar-refractivity contribution is 14.0. The van der Waals surface area contributed by atoms with E-state index in [2.05, 4.69) is 41.7 Å². The SMILES string of the molecule is CCNC(=NCCNC(=O)C(C)C)NC1CC(C)(OC)C1(C)C.I. The molecule has 6 nitrogen and oxygen atoms in total. The monoisotopic (exact) mass is 454 g/mol. The first-order valence-corrected chi connectivity index (χ1v) is 8.55. The van der Waals surface area contributed by atoms with Crippen LogP contribution in [-0.2, 0) is 9.53 Å². The standard InChI is InChI=1S/C17H34N4O2.HI/c1-8-18-15(20-10-9-19-14(22)12(2)3)21-13-11-17(6,23-7)16(13,4)5;/h12-13H,8-11H2,1-7H3,(H,19,22)(H2,18,20,21);1H. The van der Waals surface area contributed by atoms with Gasteiger partial charge in [0.2, 0.25) is 5.91 Å². The number of methoxy groups -OCH3 is 1. The van der Waals surface area contributed by atoms with Gasteiger partial charge in [-0.2, -0.15) is 0 Å². The molecule has 2 unspecified atom stereocenters. The molecular formula is C17H35IN4O2. The van der Waals surface area contributed by atoms with Gasteiger partial charge in [0.15, 0.2) is 5.96 Å². The summed E-state index contributed by atoms with van der Waals surface area (Å²) in [6, 6.07) is 0.315. The lowest BCUT2D eigenvalue weighted by atomic mass is 9.56. The Hall–Kier alpha value is -0.570. The number of carbonyl (C=O) groups is 1. The molecule has 0 aliphatic heterocycles. The quantitative estimate of drug-likeness (QED) is 0.239. The zero-order valence-corrected chi connectivity index (χ0v) is 18.5. The second-order valence-corrected chi connectivity index (χ2v) is 7.26. The lowest BCUT2D eigenvalue weighted by Gasteiger charge is -2.59. The van der Waals surface area contributed by atoms with Crippen molar-refractivity contribution in [3.05, 3.63) is 0 Å². The largest absolute Gasteiger partial charge is 0.378 e. The van der Waals surface area contributed by atoms with Crippen molar-refractivity contribution in [3.63, 3.8) is 0 Å². The van der Waals surface area contributed by atoms with E-state index in [1.807, 2.05) is 20.8 Å². The van der Waals surface area contributed by atoms with Gasteiger partial charge < -0.3 is 20.7 Å². The molecule has 1 aliphatic carbocycles. The molecule has 0 bridgehead atoms. The Morgan fingerprint density at radius 1 is 1.29 bits per heavy atom. The van der Waals surface area contributed by atoms with E-state index in [9.17, 15) is 4.79 Å². The van der Waals surface area contributed by atoms with E-state index >= 15 is 0 Å². The third-order valence-electron chi connectivity index (χ3n) is 5.14. The molecule has 0 spiro atoms. The fourth-order valence-electron chi connectivity index (χ4n) is 2.76. The Morgan fingerprint density at radius 3 is 2.38 bits per heavy atom. The minimum absolute atomic E-state index is 0. The van der Waals surface area contributed by atoms with Crippen LogP contribution in [0.1, 0.15) is 48.0 Å². The Morgan fingerprint density at radius 2 is 1.92 bits per heavy atom. The first kappa shape index (κ1) is 23.4. The van der Waals surface area contributed by atoms with Gasteiger partial charge in [0.05, 0.1) is 12.1 Å². The maximum Gasteiger partial charge on any atom is 0.222 e. The van der Waals surface area contributed by atoms with E-state index < -0.39 is 0 Å². The van der Waals surface area contributed by atoms with Gasteiger partial charge in [0, 0.05) is 37.6 Å². The molecule has 0 heterocycles. The van der Waals surface area contributed by atoms with E-state index in [0.29, 0.717) is 19.1 Å². The minimum Gasteiger partial charge on any atom is -0.378 e. The van der Waals surface area contributed by atoms with Crippen LogP contribution in [-0.4, -0.2) is 50.3 Å². The van der Waals surface area contributed by atoms with Crippen LogP contribution in [0.15, 0.2) is 4.99 Å². The van der Waals surface area contributed by atoms with Gasteiger partial charge >= 0.3 is 0 Å². The van der Waals surface area contributed by atoms with Gasteiger partial charge in [-0.05, 0) is 20.3 Å². The molecule has 7 heteroatoms. The molecule has 1 fully saturated rings. The number of nitrogens with zero attached hydrogens (tertiary/aromatic N) is 1. The van der Waals surface area contributed by atoms with Crippen molar-refractivity contribution in [1.82, 2.24) is 16.0 Å². The lowest BCUT2D eigenvalue weighted by molar-refractivity contribution is -0.176. The second kappa shape index (κ2) is 9.79. The highest BCUT2D eigenvalue weighted by Gasteiger charge is 2.58. The molecule has 142 valence electrons. The maximum atomic E-state index is 11.5. The molecule has 1 aliphatic rings. The summed E-state index contributed by atoms with van der Waals surface area (Å²) in [5.74, 6) is 0.865. The van der Waals surface area contributed by atoms with Crippen LogP contribution in [0.4, 0.5) is 0 Å². The summed E-state index contributed by atoms with van der Waals surface area (Å²) in [6.45, 7) is 14.3. The number of hydrogen-bond acceptors (Lipinski definition) is 3. The van der Waals surface area contributed by atoms with Crippen LogP contribution in [0.25, 0.3) is 0 Å². The predicted molar refractivity (Wildman–Crippen MR) is 110 cm³/mol. The van der Waals surface area contributed by atoms with Gasteiger partial charge in [-0.15, -0.1) is 24.0 Å². The Bertz CT molecular complexity index is 440. The number of nitrogens with one attached hydrogen (secondary N) is 3. The normalized spacial score (nSPS) is 25.5. The smallest absolute Gasteiger partial charge is 0.222 e. The first-order valence-electron chi connectivity index (χ1n) is 8.55. The third-order valence-corrected chi connectivity index (χ3v) is 5.14. The zero-order valence-electron chi connectivity index (χ0n) is 16.2. The molecule has 1 saturated carbocycles. The molecule has 2 atom stereocenters. The van der Waals surface area contributed by atoms with Crippen LogP contribution >= 0.6 is 24.0 Å². The second-order valence-electron chi connectivity index (χ2n) is 7.26. The van der Waals surface area contributed by atoms with Crippen molar-refractivity contribution in [1.29, 1.82) is 0 Å². The number of aliphatic imine (C=N–C) groups is 1. The van der Waals surface area contributed by atoms with E-state index in [0.717, 1.165) is 18.9 Å². The average molecular weight is 454 g/mol. The van der Waals surface area contributed by atoms with Crippen molar-refractivity contribution >= 4 is 35.8 Å². The summed E-state index contributed by atoms with van der Waals surface area (Å²) < 4.78 is 5.66. The van der Waals surface area contributed by atoms with Crippen molar-refractivity contribution in [3.8, 4) is 0 Å². The van der Waals surface area contributed by atoms with E-state index in [1.165, 1.54) is 0 Å². The summed E-state index contributed by atoms with van der Waals surface area (Å²) in [4.78, 5) is 16.1. The van der Waals surface area contributed by atoms with Crippen LogP contribution in [0.5, 0.6) is 0 Å². The summed E-state index contributed by atoms with van der Waals surface area (Å²) in [5, 5.41) is 9.63. The van der Waals surface area contributed by atoms with E-state index in [4.69, 9.17) is 4.74 Å². The van der Waals surface area contributed by atoms with Crippen molar-refractivity contribution < 1.29 is 9.53 Å². The predicted octanol–water partition coefficient (Wildman–Crippen LogP) is 2.14. The Balaban J connectivity index is 0.00000529. The summed E-state index contributed by atoms with van der Waals surface area (Å²) >= 11 is 0. The summed E-state index contributed by atoms with van der Waals surface area (Å²) in [6.07, 6.45) is 0.949. The Kier molecular flexibility index (Phi) is 9.56. The maximum absolute atomic E-state index is 11.5. The molecule has 0 aromatic heterocycles. The Labute approximate surface area is 164 Å². The number of amides is 1. The van der Waals surface area contributed by atoms with Gasteiger partial charge in [0.25, 0.3) is 0 Å². The van der Waals surface area contributed by atoms with Gasteiger partial charge in [-0.25, -0.2) is 0 Å². The molecular weight excluding hydrogens is 419 g/mol. The molecule has 0 aromatic carbocycles. The molecule has 24 heavy (non-hydrogen) atoms. The lowest BCUT2D eigenvalue weighted by Crippen LogP contribution is -2.69. The van der Waals surface area contributed by atoms with Crippen LogP contribution < -0.4 is 16.0 Å². The van der Waals surface area contributed by atoms with E-state index in [-0.39, 0.29) is 46.8 Å². The molecule has 3 N–H and O–H groups in total. The van der Waals surface area contributed by atoms with Crippen molar-refractivity contribution in [2.75, 3.05) is 26.7 Å². The molecule has 1 amide bonds. The number of hydrogen-bond donors (Lipinski definition) is 3. The highest BCUT2D eigenvalue weighted by Crippen LogP contribution is 2.51. The topological polar surface area (TPSA) is 74.8 Å². The minimum atomic E-state index is -0.104. The zero-order chi connectivity index (χ0) is 17.7. The fraction of sp³-hybridized carbons (Fsp3) is 0.882. The molecule has 0 radical (unpaired) electrons. The van der Waals surface area contributed by atoms with Gasteiger partial charge in [0.1, 0.15) is 0 Å². The number of ether oxygens (including phenoxy) is 1. The number of rotatable bonds is 7. The first-order chi connectivity index (χ1) is 10.7. The van der Waals surface area contributed by atoms with Crippen LogP contribution in [0.2, 0.25) is 0 Å². The van der Waals surface area contributed by atoms with Crippen LogP contribution in [0.3, 0.4) is 0 Å². The summed E-state index contributed by atoms with van der Waals surface area (Å²) in [5.41, 5.74) is -0.0724. The fourth-order valence-corrected chi connectivity index (χ4v) is 2.76. The van der Waals surface area contributed by atoms with Gasteiger partial charge in [-0.1, -0.05) is 27.7 Å². The number of halogens is 1. The number of guanidine groups is 1. The molecule has 0 saturated heterocycles. The van der Waals surface area contributed by atoms with Gasteiger partial charge in [-0.3, -0.25) is 9.79 Å². The van der Waals surface area contributed by atoms with Crippen molar-refractivity contribution in [2.24, 2.45) is 16.3 Å². The van der Waals surface area contributed by atoms with E-state index in [1.54, 1.807) is 7.11 Å². The van der Waals surface area contributed by atoms with Crippen LogP contribution in [0, 0.1) is 11.3 Å². The number of carbonyl (C=O) groups excluding carboxylic acids is 1. The highest BCUT2D eigenvalue weighted by atomic mass is 127. The third kappa shape index (κ3) is 5.47. The average Bonchev–Trinajstić information content (AvgIpc) is 2.50.